The molecule has 8 heteroatoms. The average molecular weight is 370 g/mol. The van der Waals surface area contributed by atoms with Crippen LogP contribution in [-0.4, -0.2) is 65.6 Å². The molecule has 2 fully saturated rings. The normalized spacial score (nSPS) is 24.0. The third kappa shape index (κ3) is 3.26. The first-order valence-electron chi connectivity index (χ1n) is 9.33. The molecule has 0 bridgehead atoms. The van der Waals surface area contributed by atoms with Crippen LogP contribution in [0.25, 0.3) is 0 Å². The van der Waals surface area contributed by atoms with Gasteiger partial charge in [-0.2, -0.15) is 0 Å². The minimum atomic E-state index is -0.926. The number of benzene rings is 1. The van der Waals surface area contributed by atoms with Gasteiger partial charge in [0.2, 0.25) is 11.8 Å². The lowest BCUT2D eigenvalue weighted by molar-refractivity contribution is -0.136. The minimum Gasteiger partial charge on any atom is -0.315 e. The number of carbonyl (C=O) groups is 4. The summed E-state index contributed by atoms with van der Waals surface area (Å²) in [7, 11) is 0. The zero-order valence-electron chi connectivity index (χ0n) is 15.0. The molecule has 2 N–H and O–H groups in total. The molecule has 0 aromatic heterocycles. The number of nitrogens with zero attached hydrogens (tertiary/aromatic N) is 2. The third-order valence-corrected chi connectivity index (χ3v) is 5.38. The van der Waals surface area contributed by atoms with E-state index in [2.05, 4.69) is 15.5 Å². The Labute approximate surface area is 156 Å². The van der Waals surface area contributed by atoms with Crippen LogP contribution in [-0.2, 0) is 16.1 Å². The molecule has 3 aliphatic rings. The van der Waals surface area contributed by atoms with Gasteiger partial charge in [0.1, 0.15) is 6.04 Å². The summed E-state index contributed by atoms with van der Waals surface area (Å²) < 4.78 is 0. The topological polar surface area (TPSA) is 98.8 Å². The molecule has 0 saturated carbocycles. The SMILES string of the molecule is O=C1CCC(N2C(=O)c3cccc(CN4CCCNCC4)c3C2=O)C(=O)N1. The van der Waals surface area contributed by atoms with E-state index in [1.807, 2.05) is 6.07 Å². The number of fused-ring (bicyclic) bond motifs is 1. The molecular weight excluding hydrogens is 348 g/mol. The van der Waals surface area contributed by atoms with Crippen molar-refractivity contribution in [1.29, 1.82) is 0 Å². The predicted molar refractivity (Wildman–Crippen MR) is 95.9 cm³/mol. The van der Waals surface area contributed by atoms with Crippen molar-refractivity contribution < 1.29 is 19.2 Å². The van der Waals surface area contributed by atoms with Gasteiger partial charge in [-0.1, -0.05) is 12.1 Å². The Morgan fingerprint density at radius 2 is 1.89 bits per heavy atom. The molecule has 3 aliphatic heterocycles. The second kappa shape index (κ2) is 7.21. The van der Waals surface area contributed by atoms with Crippen LogP contribution in [0.5, 0.6) is 0 Å². The summed E-state index contributed by atoms with van der Waals surface area (Å²) in [5.41, 5.74) is 1.54. The molecule has 0 radical (unpaired) electrons. The van der Waals surface area contributed by atoms with E-state index in [0.29, 0.717) is 17.7 Å². The highest BCUT2D eigenvalue weighted by molar-refractivity contribution is 6.24. The Hall–Kier alpha value is -2.58. The van der Waals surface area contributed by atoms with Crippen molar-refractivity contribution in [1.82, 2.24) is 20.4 Å². The molecule has 1 unspecified atom stereocenters. The quantitative estimate of drug-likeness (QED) is 0.720. The standard InChI is InChI=1S/C19H22N4O4/c24-15-6-5-14(17(25)21-15)23-18(26)13-4-1-3-12(16(13)19(23)27)11-22-9-2-7-20-8-10-22/h1,3-4,14,20H,2,5-11H2,(H,21,24,25). The first-order chi connectivity index (χ1) is 13.1. The summed E-state index contributed by atoms with van der Waals surface area (Å²) in [5.74, 6) is -1.85. The van der Waals surface area contributed by atoms with Gasteiger partial charge in [0.25, 0.3) is 11.8 Å². The lowest BCUT2D eigenvalue weighted by atomic mass is 10.0. The molecule has 27 heavy (non-hydrogen) atoms. The van der Waals surface area contributed by atoms with Crippen molar-refractivity contribution in [3.63, 3.8) is 0 Å². The number of rotatable bonds is 3. The molecule has 3 heterocycles. The molecule has 142 valence electrons. The van der Waals surface area contributed by atoms with Crippen molar-refractivity contribution in [3.05, 3.63) is 34.9 Å². The van der Waals surface area contributed by atoms with Crippen LogP contribution >= 0.6 is 0 Å². The smallest absolute Gasteiger partial charge is 0.262 e. The van der Waals surface area contributed by atoms with Crippen molar-refractivity contribution in [3.8, 4) is 0 Å². The summed E-state index contributed by atoms with van der Waals surface area (Å²) in [4.78, 5) is 52.8. The maximum absolute atomic E-state index is 13.1. The summed E-state index contributed by atoms with van der Waals surface area (Å²) in [6.45, 7) is 4.26. The average Bonchev–Trinajstić information content (AvgIpc) is 2.82. The molecule has 1 atom stereocenters. The lowest BCUT2D eigenvalue weighted by Gasteiger charge is -2.28. The summed E-state index contributed by atoms with van der Waals surface area (Å²) in [5, 5.41) is 5.57. The number of nitrogens with one attached hydrogen (secondary N) is 2. The summed E-state index contributed by atoms with van der Waals surface area (Å²) >= 11 is 0. The Morgan fingerprint density at radius 3 is 2.70 bits per heavy atom. The lowest BCUT2D eigenvalue weighted by Crippen LogP contribution is -2.54. The Morgan fingerprint density at radius 1 is 1.04 bits per heavy atom. The molecule has 0 spiro atoms. The largest absolute Gasteiger partial charge is 0.315 e. The van der Waals surface area contributed by atoms with E-state index in [9.17, 15) is 19.2 Å². The molecular formula is C19H22N4O4. The van der Waals surface area contributed by atoms with E-state index in [0.717, 1.165) is 43.1 Å². The summed E-state index contributed by atoms with van der Waals surface area (Å²) in [6, 6.07) is 4.36. The molecule has 1 aromatic carbocycles. The van der Waals surface area contributed by atoms with Gasteiger partial charge in [0.05, 0.1) is 11.1 Å². The number of carbonyl (C=O) groups excluding carboxylic acids is 4. The second-order valence-electron chi connectivity index (χ2n) is 7.17. The van der Waals surface area contributed by atoms with Crippen LogP contribution in [0.2, 0.25) is 0 Å². The van der Waals surface area contributed by atoms with Gasteiger partial charge in [0.15, 0.2) is 0 Å². The maximum atomic E-state index is 13.1. The van der Waals surface area contributed by atoms with Crippen molar-refractivity contribution in [2.75, 3.05) is 26.2 Å². The van der Waals surface area contributed by atoms with E-state index >= 15 is 0 Å². The van der Waals surface area contributed by atoms with Crippen LogP contribution in [0.3, 0.4) is 0 Å². The monoisotopic (exact) mass is 370 g/mol. The minimum absolute atomic E-state index is 0.122. The van der Waals surface area contributed by atoms with Gasteiger partial charge in [0, 0.05) is 26.1 Å². The Kier molecular flexibility index (Phi) is 4.75. The fourth-order valence-electron chi connectivity index (χ4n) is 4.02. The first kappa shape index (κ1) is 17.8. The highest BCUT2D eigenvalue weighted by atomic mass is 16.2. The van der Waals surface area contributed by atoms with Crippen LogP contribution in [0.4, 0.5) is 0 Å². The number of hydrogen-bond donors (Lipinski definition) is 2. The van der Waals surface area contributed by atoms with Gasteiger partial charge >= 0.3 is 0 Å². The highest BCUT2D eigenvalue weighted by Crippen LogP contribution is 2.30. The Bertz CT molecular complexity index is 814. The van der Waals surface area contributed by atoms with Gasteiger partial charge < -0.3 is 5.32 Å². The predicted octanol–water partition coefficient (Wildman–Crippen LogP) is -0.117. The first-order valence-corrected chi connectivity index (χ1v) is 9.33. The van der Waals surface area contributed by atoms with Crippen LogP contribution in [0.1, 0.15) is 45.5 Å². The molecule has 8 nitrogen and oxygen atoms in total. The molecule has 0 aliphatic carbocycles. The number of hydrogen-bond acceptors (Lipinski definition) is 6. The molecule has 4 rings (SSSR count). The zero-order chi connectivity index (χ0) is 19.0. The van der Waals surface area contributed by atoms with Gasteiger partial charge in [-0.05, 0) is 37.6 Å². The van der Waals surface area contributed by atoms with Gasteiger partial charge in [-0.15, -0.1) is 0 Å². The van der Waals surface area contributed by atoms with Crippen molar-refractivity contribution >= 4 is 23.6 Å². The van der Waals surface area contributed by atoms with Crippen molar-refractivity contribution in [2.24, 2.45) is 0 Å². The molecule has 2 saturated heterocycles. The van der Waals surface area contributed by atoms with Crippen LogP contribution in [0, 0.1) is 0 Å². The van der Waals surface area contributed by atoms with Gasteiger partial charge in [-0.3, -0.25) is 34.3 Å². The Balaban J connectivity index is 1.61. The second-order valence-corrected chi connectivity index (χ2v) is 7.17. The fourth-order valence-corrected chi connectivity index (χ4v) is 4.02. The van der Waals surface area contributed by atoms with E-state index < -0.39 is 23.8 Å². The van der Waals surface area contributed by atoms with Crippen molar-refractivity contribution in [2.45, 2.75) is 31.8 Å². The highest BCUT2D eigenvalue weighted by Gasteiger charge is 2.45. The zero-order valence-corrected chi connectivity index (χ0v) is 15.0. The maximum Gasteiger partial charge on any atom is 0.262 e. The number of piperidine rings is 1. The van der Waals surface area contributed by atoms with E-state index in [4.69, 9.17) is 0 Å². The van der Waals surface area contributed by atoms with E-state index in [-0.39, 0.29) is 18.7 Å². The number of imide groups is 2. The van der Waals surface area contributed by atoms with Gasteiger partial charge in [-0.25, -0.2) is 0 Å². The van der Waals surface area contributed by atoms with Crippen LogP contribution in [0.15, 0.2) is 18.2 Å². The number of amides is 4. The van der Waals surface area contributed by atoms with E-state index in [1.54, 1.807) is 12.1 Å². The van der Waals surface area contributed by atoms with Crippen LogP contribution < -0.4 is 10.6 Å². The third-order valence-electron chi connectivity index (χ3n) is 5.38. The fraction of sp³-hybridized carbons (Fsp3) is 0.474. The molecule has 1 aromatic rings. The molecule has 4 amide bonds. The summed E-state index contributed by atoms with van der Waals surface area (Å²) in [6.07, 6.45) is 1.32. The van der Waals surface area contributed by atoms with E-state index in [1.165, 1.54) is 0 Å².